The van der Waals surface area contributed by atoms with Crippen molar-refractivity contribution in [3.8, 4) is 11.6 Å². The number of rotatable bonds is 3. The van der Waals surface area contributed by atoms with Crippen LogP contribution in [0.2, 0.25) is 5.02 Å². The van der Waals surface area contributed by atoms with Crippen LogP contribution in [0.4, 0.5) is 5.82 Å². The van der Waals surface area contributed by atoms with Gasteiger partial charge in [-0.05, 0) is 12.1 Å². The third-order valence-corrected chi connectivity index (χ3v) is 4.04. The standard InChI is InChI=1S/C16H17ClN4O2/c1-12(22)20-6-8-21(9-7-20)15-10-16(19-11-18-15)23-14-5-3-2-4-13(14)17/h2-5,10-11H,6-9H2,1H3. The third kappa shape index (κ3) is 3.71. The van der Waals surface area contributed by atoms with Crippen LogP contribution in [0.5, 0.6) is 11.6 Å². The van der Waals surface area contributed by atoms with Crippen molar-refractivity contribution in [1.29, 1.82) is 0 Å². The number of halogens is 1. The Kier molecular flexibility index (Phi) is 4.62. The number of anilines is 1. The van der Waals surface area contributed by atoms with Crippen molar-refractivity contribution < 1.29 is 9.53 Å². The van der Waals surface area contributed by atoms with Gasteiger partial charge in [0.1, 0.15) is 17.9 Å². The van der Waals surface area contributed by atoms with Gasteiger partial charge in [0.05, 0.1) is 5.02 Å². The molecule has 1 aromatic heterocycles. The maximum atomic E-state index is 11.4. The summed E-state index contributed by atoms with van der Waals surface area (Å²) in [7, 11) is 0. The van der Waals surface area contributed by atoms with Crippen LogP contribution < -0.4 is 9.64 Å². The second kappa shape index (κ2) is 6.83. The van der Waals surface area contributed by atoms with Gasteiger partial charge in [-0.2, -0.15) is 0 Å². The van der Waals surface area contributed by atoms with Gasteiger partial charge in [-0.3, -0.25) is 4.79 Å². The fraction of sp³-hybridized carbons (Fsp3) is 0.312. The topological polar surface area (TPSA) is 58.6 Å². The molecule has 1 fully saturated rings. The minimum atomic E-state index is 0.107. The predicted molar refractivity (Wildman–Crippen MR) is 88.0 cm³/mol. The number of hydrogen-bond acceptors (Lipinski definition) is 5. The van der Waals surface area contributed by atoms with Crippen molar-refractivity contribution in [1.82, 2.24) is 14.9 Å². The quantitative estimate of drug-likeness (QED) is 0.864. The molecule has 0 aliphatic carbocycles. The molecule has 0 spiro atoms. The van der Waals surface area contributed by atoms with Gasteiger partial charge in [0, 0.05) is 39.2 Å². The Bertz CT molecular complexity index is 702. The molecule has 1 amide bonds. The molecule has 3 rings (SSSR count). The summed E-state index contributed by atoms with van der Waals surface area (Å²) in [5.41, 5.74) is 0. The van der Waals surface area contributed by atoms with Crippen LogP contribution in [0.1, 0.15) is 6.92 Å². The number of carbonyl (C=O) groups excluding carboxylic acids is 1. The maximum Gasteiger partial charge on any atom is 0.224 e. The minimum absolute atomic E-state index is 0.107. The highest BCUT2D eigenvalue weighted by Crippen LogP contribution is 2.28. The van der Waals surface area contributed by atoms with Crippen LogP contribution in [0.25, 0.3) is 0 Å². The van der Waals surface area contributed by atoms with Crippen LogP contribution in [0.15, 0.2) is 36.7 Å². The molecule has 0 N–H and O–H groups in total. The second-order valence-corrected chi connectivity index (χ2v) is 5.65. The molecule has 0 bridgehead atoms. The molecule has 1 saturated heterocycles. The van der Waals surface area contributed by atoms with E-state index in [-0.39, 0.29) is 5.91 Å². The van der Waals surface area contributed by atoms with Crippen molar-refractivity contribution in [3.63, 3.8) is 0 Å². The molecule has 1 aliphatic rings. The van der Waals surface area contributed by atoms with Crippen LogP contribution in [0, 0.1) is 0 Å². The summed E-state index contributed by atoms with van der Waals surface area (Å²) in [6.07, 6.45) is 1.47. The predicted octanol–water partition coefficient (Wildman–Crippen LogP) is 2.59. The van der Waals surface area contributed by atoms with E-state index in [4.69, 9.17) is 16.3 Å². The van der Waals surface area contributed by atoms with E-state index in [1.807, 2.05) is 17.0 Å². The van der Waals surface area contributed by atoms with E-state index in [9.17, 15) is 4.79 Å². The van der Waals surface area contributed by atoms with Gasteiger partial charge in [0.25, 0.3) is 0 Å². The van der Waals surface area contributed by atoms with E-state index in [0.29, 0.717) is 29.7 Å². The Balaban J connectivity index is 1.71. The van der Waals surface area contributed by atoms with Gasteiger partial charge in [0.15, 0.2) is 0 Å². The number of hydrogen-bond donors (Lipinski definition) is 0. The van der Waals surface area contributed by atoms with Gasteiger partial charge in [0.2, 0.25) is 11.8 Å². The summed E-state index contributed by atoms with van der Waals surface area (Å²) in [6, 6.07) is 9.03. The van der Waals surface area contributed by atoms with E-state index >= 15 is 0 Å². The first-order chi connectivity index (χ1) is 11.1. The molecule has 2 aromatic rings. The number of amides is 1. The lowest BCUT2D eigenvalue weighted by Crippen LogP contribution is -2.48. The summed E-state index contributed by atoms with van der Waals surface area (Å²) in [4.78, 5) is 23.8. The highest BCUT2D eigenvalue weighted by atomic mass is 35.5. The molecule has 120 valence electrons. The fourth-order valence-electron chi connectivity index (χ4n) is 2.45. The number of benzene rings is 1. The summed E-state index contributed by atoms with van der Waals surface area (Å²) in [5.74, 6) is 1.89. The lowest BCUT2D eigenvalue weighted by Gasteiger charge is -2.34. The monoisotopic (exact) mass is 332 g/mol. The molecule has 1 aromatic carbocycles. The first-order valence-corrected chi connectivity index (χ1v) is 7.76. The first kappa shape index (κ1) is 15.6. The molecule has 0 unspecified atom stereocenters. The first-order valence-electron chi connectivity index (χ1n) is 7.38. The summed E-state index contributed by atoms with van der Waals surface area (Å²) in [5, 5.41) is 0.530. The number of para-hydroxylation sites is 1. The van der Waals surface area contributed by atoms with E-state index in [2.05, 4.69) is 14.9 Å². The zero-order valence-electron chi connectivity index (χ0n) is 12.8. The normalized spacial score (nSPS) is 14.7. The van der Waals surface area contributed by atoms with Crippen LogP contribution in [-0.4, -0.2) is 47.0 Å². The highest BCUT2D eigenvalue weighted by Gasteiger charge is 2.20. The molecular weight excluding hydrogens is 316 g/mol. The van der Waals surface area contributed by atoms with Gasteiger partial charge >= 0.3 is 0 Å². The van der Waals surface area contributed by atoms with Gasteiger partial charge < -0.3 is 14.5 Å². The smallest absolute Gasteiger partial charge is 0.224 e. The van der Waals surface area contributed by atoms with Crippen LogP contribution in [-0.2, 0) is 4.79 Å². The van der Waals surface area contributed by atoms with Crippen LogP contribution in [0.3, 0.4) is 0 Å². The summed E-state index contributed by atoms with van der Waals surface area (Å²) >= 11 is 6.09. The SMILES string of the molecule is CC(=O)N1CCN(c2cc(Oc3ccccc3Cl)ncn2)CC1. The zero-order chi connectivity index (χ0) is 16.2. The largest absolute Gasteiger partial charge is 0.437 e. The Labute approximate surface area is 139 Å². The summed E-state index contributed by atoms with van der Waals surface area (Å²) in [6.45, 7) is 4.46. The van der Waals surface area contributed by atoms with Crippen LogP contribution >= 0.6 is 11.6 Å². The average molecular weight is 333 g/mol. The zero-order valence-corrected chi connectivity index (χ0v) is 13.5. The van der Waals surface area contributed by atoms with Crippen molar-refractivity contribution in [3.05, 3.63) is 41.7 Å². The molecule has 0 saturated carbocycles. The van der Waals surface area contributed by atoms with Crippen molar-refractivity contribution >= 4 is 23.3 Å². The number of ether oxygens (including phenoxy) is 1. The fourth-order valence-corrected chi connectivity index (χ4v) is 2.62. The molecule has 23 heavy (non-hydrogen) atoms. The Morgan fingerprint density at radius 2 is 1.91 bits per heavy atom. The molecule has 6 nitrogen and oxygen atoms in total. The lowest BCUT2D eigenvalue weighted by atomic mass is 10.3. The molecule has 1 aliphatic heterocycles. The van der Waals surface area contributed by atoms with E-state index in [0.717, 1.165) is 18.9 Å². The van der Waals surface area contributed by atoms with E-state index in [1.54, 1.807) is 25.1 Å². The molecule has 0 atom stereocenters. The van der Waals surface area contributed by atoms with Crippen molar-refractivity contribution in [2.24, 2.45) is 0 Å². The van der Waals surface area contributed by atoms with Gasteiger partial charge in [-0.25, -0.2) is 9.97 Å². The average Bonchev–Trinajstić information content (AvgIpc) is 2.57. The molecule has 7 heteroatoms. The number of carbonyl (C=O) groups is 1. The molecule has 2 heterocycles. The van der Waals surface area contributed by atoms with E-state index < -0.39 is 0 Å². The molecular formula is C16H17ClN4O2. The van der Waals surface area contributed by atoms with Gasteiger partial charge in [-0.1, -0.05) is 23.7 Å². The minimum Gasteiger partial charge on any atom is -0.437 e. The number of piperazine rings is 1. The Hall–Kier alpha value is -2.34. The van der Waals surface area contributed by atoms with Gasteiger partial charge in [-0.15, -0.1) is 0 Å². The Morgan fingerprint density at radius 3 is 2.61 bits per heavy atom. The van der Waals surface area contributed by atoms with E-state index in [1.165, 1.54) is 6.33 Å². The second-order valence-electron chi connectivity index (χ2n) is 5.24. The maximum absolute atomic E-state index is 11.4. The van der Waals surface area contributed by atoms with Crippen molar-refractivity contribution in [2.75, 3.05) is 31.1 Å². The summed E-state index contributed by atoms with van der Waals surface area (Å²) < 4.78 is 5.73. The molecule has 0 radical (unpaired) electrons. The highest BCUT2D eigenvalue weighted by molar-refractivity contribution is 6.32. The number of aromatic nitrogens is 2. The lowest BCUT2D eigenvalue weighted by molar-refractivity contribution is -0.129. The Morgan fingerprint density at radius 1 is 1.17 bits per heavy atom. The third-order valence-electron chi connectivity index (χ3n) is 3.73. The van der Waals surface area contributed by atoms with Crippen molar-refractivity contribution in [2.45, 2.75) is 6.92 Å². The number of nitrogens with zero attached hydrogens (tertiary/aromatic N) is 4.